The number of aliphatic carboxylic acids is 1. The fourth-order valence-electron chi connectivity index (χ4n) is 4.14. The van der Waals surface area contributed by atoms with E-state index in [1.807, 2.05) is 0 Å². The first kappa shape index (κ1) is 26.5. The summed E-state index contributed by atoms with van der Waals surface area (Å²) in [6.45, 7) is 1.77. The molecule has 0 bridgehead atoms. The zero-order chi connectivity index (χ0) is 27.4. The van der Waals surface area contributed by atoms with Crippen molar-refractivity contribution in [1.29, 1.82) is 0 Å². The summed E-state index contributed by atoms with van der Waals surface area (Å²) in [5.74, 6) is -0.887. The minimum atomic E-state index is -1.08. The number of rotatable bonds is 8. The van der Waals surface area contributed by atoms with Gasteiger partial charge in [-0.1, -0.05) is 17.7 Å². The molecule has 1 aromatic heterocycles. The Morgan fingerprint density at radius 3 is 2.34 bits per heavy atom. The molecule has 0 amide bonds. The van der Waals surface area contributed by atoms with Crippen molar-refractivity contribution in [2.45, 2.75) is 13.3 Å². The van der Waals surface area contributed by atoms with E-state index in [0.29, 0.717) is 44.1 Å². The molecule has 0 aliphatic rings. The van der Waals surface area contributed by atoms with Gasteiger partial charge in [-0.2, -0.15) is 0 Å². The Morgan fingerprint density at radius 1 is 0.947 bits per heavy atom. The van der Waals surface area contributed by atoms with Gasteiger partial charge in [-0.3, -0.25) is 14.2 Å². The van der Waals surface area contributed by atoms with Crippen molar-refractivity contribution >= 4 is 46.4 Å². The lowest BCUT2D eigenvalue weighted by Gasteiger charge is -2.11. The van der Waals surface area contributed by atoms with Crippen LogP contribution >= 0.6 is 11.6 Å². The third-order valence-electron chi connectivity index (χ3n) is 5.99. The number of carboxylic acids is 1. The first-order valence-corrected chi connectivity index (χ1v) is 11.9. The van der Waals surface area contributed by atoms with Crippen molar-refractivity contribution in [3.63, 3.8) is 0 Å². The number of carbonyl (C=O) groups excluding carboxylic acids is 2. The van der Waals surface area contributed by atoms with Gasteiger partial charge in [-0.25, -0.2) is 4.79 Å². The molecule has 194 valence electrons. The molecular formula is C29H24ClNO7. The summed E-state index contributed by atoms with van der Waals surface area (Å²) in [6, 6.07) is 16.6. The average Bonchev–Trinajstić information content (AvgIpc) is 3.18. The van der Waals surface area contributed by atoms with Gasteiger partial charge in [0, 0.05) is 27.7 Å². The number of aromatic nitrogens is 1. The maximum absolute atomic E-state index is 13.5. The first-order chi connectivity index (χ1) is 18.2. The van der Waals surface area contributed by atoms with Gasteiger partial charge < -0.3 is 19.3 Å². The van der Waals surface area contributed by atoms with Gasteiger partial charge in [0.25, 0.3) is 5.91 Å². The van der Waals surface area contributed by atoms with Crippen molar-refractivity contribution in [3.05, 3.63) is 94.1 Å². The number of methoxy groups -OCH3 is 2. The van der Waals surface area contributed by atoms with E-state index in [2.05, 4.69) is 0 Å². The Balaban J connectivity index is 1.68. The highest BCUT2D eigenvalue weighted by Crippen LogP contribution is 2.33. The van der Waals surface area contributed by atoms with E-state index in [0.717, 1.165) is 6.08 Å². The maximum atomic E-state index is 13.5. The Labute approximate surface area is 223 Å². The smallest absolute Gasteiger partial charge is 0.328 e. The number of hydrogen-bond donors (Lipinski definition) is 1. The van der Waals surface area contributed by atoms with E-state index in [1.54, 1.807) is 73.2 Å². The molecule has 4 aromatic rings. The van der Waals surface area contributed by atoms with Crippen molar-refractivity contribution in [2.24, 2.45) is 0 Å². The van der Waals surface area contributed by atoms with E-state index < -0.39 is 11.9 Å². The Morgan fingerprint density at radius 2 is 1.68 bits per heavy atom. The van der Waals surface area contributed by atoms with E-state index >= 15 is 0 Å². The predicted molar refractivity (Wildman–Crippen MR) is 143 cm³/mol. The third kappa shape index (κ3) is 5.55. The molecule has 1 N–H and O–H groups in total. The van der Waals surface area contributed by atoms with Crippen molar-refractivity contribution in [1.82, 2.24) is 4.57 Å². The third-order valence-corrected chi connectivity index (χ3v) is 6.24. The fraction of sp³-hybridized carbons (Fsp3) is 0.138. The lowest BCUT2D eigenvalue weighted by Crippen LogP contribution is -2.15. The van der Waals surface area contributed by atoms with Crippen LogP contribution in [-0.4, -0.2) is 41.7 Å². The van der Waals surface area contributed by atoms with Crippen LogP contribution in [0, 0.1) is 6.92 Å². The highest BCUT2D eigenvalue weighted by atomic mass is 35.5. The molecule has 0 unspecified atom stereocenters. The molecule has 0 radical (unpaired) electrons. The molecule has 4 rings (SSSR count). The van der Waals surface area contributed by atoms with E-state index in [1.165, 1.54) is 19.3 Å². The molecule has 8 nitrogen and oxygen atoms in total. The molecule has 0 aliphatic heterocycles. The number of fused-ring (bicyclic) bond motifs is 1. The first-order valence-electron chi connectivity index (χ1n) is 11.5. The molecule has 1 heterocycles. The van der Waals surface area contributed by atoms with E-state index in [-0.39, 0.29) is 23.8 Å². The lowest BCUT2D eigenvalue weighted by molar-refractivity contribution is -0.134. The Bertz CT molecular complexity index is 1570. The second kappa shape index (κ2) is 11.2. The van der Waals surface area contributed by atoms with Crippen LogP contribution in [-0.2, 0) is 16.0 Å². The SMILES string of the molecule is COc1ccc2c(c1)c(CC(=O)Oc1ccc(/C=C/C(=O)O)cc1OC)c(C)n2C(=O)c1ccc(Cl)cc1. The lowest BCUT2D eigenvalue weighted by atomic mass is 10.1. The predicted octanol–water partition coefficient (Wildman–Crippen LogP) is 5.55. The summed E-state index contributed by atoms with van der Waals surface area (Å²) in [4.78, 5) is 37.3. The second-order valence-electron chi connectivity index (χ2n) is 8.33. The minimum Gasteiger partial charge on any atom is -0.497 e. The largest absolute Gasteiger partial charge is 0.497 e. The summed E-state index contributed by atoms with van der Waals surface area (Å²) in [6.07, 6.45) is 2.28. The molecule has 38 heavy (non-hydrogen) atoms. The monoisotopic (exact) mass is 533 g/mol. The van der Waals surface area contributed by atoms with Crippen LogP contribution in [0.25, 0.3) is 17.0 Å². The summed E-state index contributed by atoms with van der Waals surface area (Å²) < 4.78 is 17.9. The van der Waals surface area contributed by atoms with E-state index in [9.17, 15) is 14.4 Å². The summed E-state index contributed by atoms with van der Waals surface area (Å²) in [5.41, 5.74) is 2.84. The number of carbonyl (C=O) groups is 3. The van der Waals surface area contributed by atoms with Crippen LogP contribution < -0.4 is 14.2 Å². The second-order valence-corrected chi connectivity index (χ2v) is 8.76. The van der Waals surface area contributed by atoms with Crippen LogP contribution in [0.4, 0.5) is 0 Å². The number of hydrogen-bond acceptors (Lipinski definition) is 6. The summed E-state index contributed by atoms with van der Waals surface area (Å²) in [5, 5.41) is 10.0. The van der Waals surface area contributed by atoms with Gasteiger partial charge in [0.15, 0.2) is 11.5 Å². The molecule has 0 aliphatic carbocycles. The standard InChI is InChI=1S/C29H24ClNO7/c1-17-22(16-28(34)38-25-12-4-18(5-13-27(32)33)14-26(25)37-3)23-15-21(36-2)10-11-24(23)31(17)29(35)19-6-8-20(30)9-7-19/h4-15H,16H2,1-3H3,(H,32,33)/b13-5+. The van der Waals surface area contributed by atoms with Crippen LogP contribution in [0.2, 0.25) is 5.02 Å². The quantitative estimate of drug-likeness (QED) is 0.180. The maximum Gasteiger partial charge on any atom is 0.328 e. The number of benzene rings is 3. The van der Waals surface area contributed by atoms with Crippen LogP contribution in [0.1, 0.15) is 27.2 Å². The number of carboxylic acid groups (broad SMARTS) is 1. The number of halogens is 1. The molecule has 0 spiro atoms. The molecule has 3 aromatic carbocycles. The number of ether oxygens (including phenoxy) is 3. The highest BCUT2D eigenvalue weighted by molar-refractivity contribution is 6.30. The Hall–Kier alpha value is -4.56. The molecule has 0 saturated carbocycles. The van der Waals surface area contributed by atoms with Crippen LogP contribution in [0.3, 0.4) is 0 Å². The minimum absolute atomic E-state index is 0.125. The summed E-state index contributed by atoms with van der Waals surface area (Å²) >= 11 is 5.99. The molecule has 0 saturated heterocycles. The van der Waals surface area contributed by atoms with Gasteiger partial charge in [-0.15, -0.1) is 0 Å². The van der Waals surface area contributed by atoms with Crippen LogP contribution in [0.5, 0.6) is 17.2 Å². The van der Waals surface area contributed by atoms with Gasteiger partial charge in [-0.05, 0) is 78.7 Å². The van der Waals surface area contributed by atoms with Gasteiger partial charge >= 0.3 is 11.9 Å². The van der Waals surface area contributed by atoms with Gasteiger partial charge in [0.05, 0.1) is 26.2 Å². The summed E-state index contributed by atoms with van der Waals surface area (Å²) in [7, 11) is 2.96. The molecule has 9 heteroatoms. The van der Waals surface area contributed by atoms with Gasteiger partial charge in [0.2, 0.25) is 0 Å². The molecular weight excluding hydrogens is 510 g/mol. The Kier molecular flexibility index (Phi) is 7.83. The average molecular weight is 534 g/mol. The zero-order valence-electron chi connectivity index (χ0n) is 20.9. The topological polar surface area (TPSA) is 104 Å². The molecule has 0 atom stereocenters. The van der Waals surface area contributed by atoms with Crippen molar-refractivity contribution < 1.29 is 33.7 Å². The van der Waals surface area contributed by atoms with Gasteiger partial charge in [0.1, 0.15) is 5.75 Å². The fourth-order valence-corrected chi connectivity index (χ4v) is 4.26. The molecule has 0 fully saturated rings. The normalized spacial score (nSPS) is 11.1. The van der Waals surface area contributed by atoms with E-state index in [4.69, 9.17) is 30.9 Å². The number of esters is 1. The van der Waals surface area contributed by atoms with Crippen molar-refractivity contribution in [3.8, 4) is 17.2 Å². The van der Waals surface area contributed by atoms with Crippen LogP contribution in [0.15, 0.2) is 66.7 Å². The number of nitrogens with zero attached hydrogens (tertiary/aromatic N) is 1. The highest BCUT2D eigenvalue weighted by Gasteiger charge is 2.23. The zero-order valence-corrected chi connectivity index (χ0v) is 21.6. The van der Waals surface area contributed by atoms with Crippen molar-refractivity contribution in [2.75, 3.05) is 14.2 Å².